The van der Waals surface area contributed by atoms with Crippen molar-refractivity contribution >= 4 is 29.7 Å². The van der Waals surface area contributed by atoms with Gasteiger partial charge in [0.25, 0.3) is 5.91 Å². The third-order valence-electron chi connectivity index (χ3n) is 6.95. The summed E-state index contributed by atoms with van der Waals surface area (Å²) >= 11 is 1.71. The van der Waals surface area contributed by atoms with Gasteiger partial charge in [0.05, 0.1) is 4.91 Å². The summed E-state index contributed by atoms with van der Waals surface area (Å²) in [5.74, 6) is -0.0745. The highest BCUT2D eigenvalue weighted by molar-refractivity contribution is 8.04. The first-order chi connectivity index (χ1) is 17.0. The topological polar surface area (TPSA) is 52.7 Å². The molecule has 2 aromatic carbocycles. The van der Waals surface area contributed by atoms with Crippen molar-refractivity contribution in [2.24, 2.45) is 0 Å². The van der Waals surface area contributed by atoms with Gasteiger partial charge in [0.15, 0.2) is 0 Å². The van der Waals surface area contributed by atoms with Crippen LogP contribution >= 0.6 is 11.8 Å². The molecule has 1 heterocycles. The van der Waals surface area contributed by atoms with Crippen molar-refractivity contribution in [2.45, 2.75) is 50.3 Å². The van der Waals surface area contributed by atoms with E-state index in [1.54, 1.807) is 11.8 Å². The Balaban J connectivity index is 1.32. The Morgan fingerprint density at radius 1 is 1.09 bits per heavy atom. The van der Waals surface area contributed by atoms with E-state index in [9.17, 15) is 9.59 Å². The second kappa shape index (κ2) is 12.4. The molecule has 1 N–H and O–H groups in total. The highest BCUT2D eigenvalue weighted by Crippen LogP contribution is 2.42. The van der Waals surface area contributed by atoms with E-state index in [1.807, 2.05) is 17.0 Å². The molecular formula is C29H37N3O2S. The number of aryl methyl sites for hydroxylation is 1. The zero-order valence-electron chi connectivity index (χ0n) is 20.9. The quantitative estimate of drug-likeness (QED) is 0.525. The molecule has 4 rings (SSSR count). The van der Waals surface area contributed by atoms with Crippen LogP contribution in [0.15, 0.2) is 59.5 Å². The third kappa shape index (κ3) is 7.21. The summed E-state index contributed by atoms with van der Waals surface area (Å²) in [6.45, 7) is 4.51. The minimum absolute atomic E-state index is 0.00569. The van der Waals surface area contributed by atoms with Crippen LogP contribution in [-0.4, -0.2) is 66.1 Å². The molecule has 1 saturated heterocycles. The fourth-order valence-corrected chi connectivity index (χ4v) is 6.32. The Bertz CT molecular complexity index is 1020. The number of fused-ring (bicyclic) bond motifs is 1. The van der Waals surface area contributed by atoms with Crippen LogP contribution in [0.1, 0.15) is 42.4 Å². The van der Waals surface area contributed by atoms with E-state index in [0.29, 0.717) is 11.8 Å². The summed E-state index contributed by atoms with van der Waals surface area (Å²) in [5.41, 5.74) is 3.55. The number of carbonyl (C=O) groups excluding carboxylic acids is 2. The van der Waals surface area contributed by atoms with Gasteiger partial charge in [-0.1, -0.05) is 73.0 Å². The number of likely N-dealkylation sites (N-methyl/N-ethyl adjacent to an activating group) is 1. The Labute approximate surface area is 214 Å². The Hall–Kier alpha value is -2.57. The van der Waals surface area contributed by atoms with Gasteiger partial charge < -0.3 is 15.1 Å². The van der Waals surface area contributed by atoms with Crippen molar-refractivity contribution in [1.29, 1.82) is 0 Å². The van der Waals surface area contributed by atoms with Crippen molar-refractivity contribution in [2.75, 3.05) is 33.2 Å². The average Bonchev–Trinajstić information content (AvgIpc) is 2.87. The first-order valence-corrected chi connectivity index (χ1v) is 13.6. The minimum atomic E-state index is -0.0688. The lowest BCUT2D eigenvalue weighted by Crippen LogP contribution is -2.54. The number of nitrogens with zero attached hydrogens (tertiary/aromatic N) is 2. The summed E-state index contributed by atoms with van der Waals surface area (Å²) in [5, 5.41) is 3.42. The molecule has 0 radical (unpaired) electrons. The summed E-state index contributed by atoms with van der Waals surface area (Å²) in [7, 11) is 2.08. The van der Waals surface area contributed by atoms with Crippen LogP contribution < -0.4 is 5.32 Å². The summed E-state index contributed by atoms with van der Waals surface area (Å²) < 4.78 is 0. The SMILES string of the molecule is Cc1ccc(/C=C2\SC3CCCCC3N(CC(=O)NCCN(C)CCc3ccccc3)C2=O)cc1. The molecule has 2 amide bonds. The molecule has 6 heteroatoms. The number of hydrogen-bond donors (Lipinski definition) is 1. The predicted molar refractivity (Wildman–Crippen MR) is 145 cm³/mol. The third-order valence-corrected chi connectivity index (χ3v) is 8.35. The van der Waals surface area contributed by atoms with E-state index < -0.39 is 0 Å². The van der Waals surface area contributed by atoms with Crippen LogP contribution in [0, 0.1) is 6.92 Å². The lowest BCUT2D eigenvalue weighted by molar-refractivity contribution is -0.135. The number of thioether (sulfide) groups is 1. The van der Waals surface area contributed by atoms with Crippen molar-refractivity contribution in [1.82, 2.24) is 15.1 Å². The van der Waals surface area contributed by atoms with Crippen molar-refractivity contribution in [3.8, 4) is 0 Å². The highest BCUT2D eigenvalue weighted by atomic mass is 32.2. The summed E-state index contributed by atoms with van der Waals surface area (Å²) in [6.07, 6.45) is 7.37. The molecule has 1 aliphatic heterocycles. The van der Waals surface area contributed by atoms with Gasteiger partial charge >= 0.3 is 0 Å². The van der Waals surface area contributed by atoms with E-state index in [1.165, 1.54) is 17.5 Å². The van der Waals surface area contributed by atoms with Crippen LogP contribution in [-0.2, 0) is 16.0 Å². The Morgan fingerprint density at radius 3 is 2.60 bits per heavy atom. The van der Waals surface area contributed by atoms with E-state index in [2.05, 4.69) is 72.7 Å². The molecule has 2 aliphatic rings. The largest absolute Gasteiger partial charge is 0.353 e. The van der Waals surface area contributed by atoms with E-state index in [-0.39, 0.29) is 24.4 Å². The van der Waals surface area contributed by atoms with Gasteiger partial charge in [-0.25, -0.2) is 0 Å². The molecule has 2 unspecified atom stereocenters. The molecule has 2 fully saturated rings. The maximum absolute atomic E-state index is 13.4. The Morgan fingerprint density at radius 2 is 1.83 bits per heavy atom. The van der Waals surface area contributed by atoms with Gasteiger partial charge in [-0.3, -0.25) is 9.59 Å². The van der Waals surface area contributed by atoms with Gasteiger partial charge in [-0.05, 0) is 50.4 Å². The molecule has 35 heavy (non-hydrogen) atoms. The number of hydrogen-bond acceptors (Lipinski definition) is 4. The molecule has 5 nitrogen and oxygen atoms in total. The maximum Gasteiger partial charge on any atom is 0.261 e. The molecule has 1 aliphatic carbocycles. The first-order valence-electron chi connectivity index (χ1n) is 12.7. The smallest absolute Gasteiger partial charge is 0.261 e. The normalized spacial score (nSPS) is 21.3. The molecule has 0 aromatic heterocycles. The van der Waals surface area contributed by atoms with Gasteiger partial charge in [0, 0.05) is 30.9 Å². The molecule has 2 atom stereocenters. The zero-order chi connectivity index (χ0) is 24.6. The van der Waals surface area contributed by atoms with Crippen molar-refractivity contribution in [3.63, 3.8) is 0 Å². The molecule has 2 aromatic rings. The van der Waals surface area contributed by atoms with Crippen LogP contribution in [0.4, 0.5) is 0 Å². The van der Waals surface area contributed by atoms with Crippen LogP contribution in [0.3, 0.4) is 0 Å². The van der Waals surface area contributed by atoms with Crippen LogP contribution in [0.5, 0.6) is 0 Å². The predicted octanol–water partition coefficient (Wildman–Crippen LogP) is 4.51. The molecule has 0 bridgehead atoms. The lowest BCUT2D eigenvalue weighted by atomic mass is 9.93. The zero-order valence-corrected chi connectivity index (χ0v) is 21.7. The lowest BCUT2D eigenvalue weighted by Gasteiger charge is -2.43. The van der Waals surface area contributed by atoms with Gasteiger partial charge in [0.1, 0.15) is 6.54 Å². The highest BCUT2D eigenvalue weighted by Gasteiger charge is 2.41. The molecule has 1 saturated carbocycles. The van der Waals surface area contributed by atoms with Crippen molar-refractivity contribution < 1.29 is 9.59 Å². The van der Waals surface area contributed by atoms with E-state index in [4.69, 9.17) is 0 Å². The molecule has 0 spiro atoms. The molecular weight excluding hydrogens is 454 g/mol. The second-order valence-corrected chi connectivity index (χ2v) is 11.0. The van der Waals surface area contributed by atoms with Crippen LogP contribution in [0.2, 0.25) is 0 Å². The van der Waals surface area contributed by atoms with Crippen molar-refractivity contribution in [3.05, 3.63) is 76.2 Å². The van der Waals surface area contributed by atoms with Gasteiger partial charge in [-0.2, -0.15) is 0 Å². The average molecular weight is 492 g/mol. The second-order valence-electron chi connectivity index (χ2n) is 9.75. The molecule has 186 valence electrons. The minimum Gasteiger partial charge on any atom is -0.353 e. The Kier molecular flexibility index (Phi) is 9.05. The van der Waals surface area contributed by atoms with Gasteiger partial charge in [-0.15, -0.1) is 11.8 Å². The number of carbonyl (C=O) groups is 2. The number of amides is 2. The first kappa shape index (κ1) is 25.5. The number of rotatable bonds is 9. The maximum atomic E-state index is 13.4. The standard InChI is InChI=1S/C29H37N3O2S/c1-22-12-14-24(15-13-22)20-27-29(34)32(25-10-6-7-11-26(25)35-27)21-28(33)30-17-19-31(2)18-16-23-8-4-3-5-9-23/h3-5,8-9,12-15,20,25-26H,6-7,10-11,16-19,21H2,1-2H3,(H,30,33)/b27-20-. The summed E-state index contributed by atoms with van der Waals surface area (Å²) in [6, 6.07) is 18.8. The monoisotopic (exact) mass is 491 g/mol. The number of nitrogens with one attached hydrogen (secondary N) is 1. The van der Waals surface area contributed by atoms with E-state index in [0.717, 1.165) is 49.2 Å². The van der Waals surface area contributed by atoms with Crippen LogP contribution in [0.25, 0.3) is 6.08 Å². The summed E-state index contributed by atoms with van der Waals surface area (Å²) in [4.78, 5) is 31.1. The van der Waals surface area contributed by atoms with Gasteiger partial charge in [0.2, 0.25) is 5.91 Å². The van der Waals surface area contributed by atoms with E-state index >= 15 is 0 Å². The number of benzene rings is 2. The fraction of sp³-hybridized carbons (Fsp3) is 0.448. The fourth-order valence-electron chi connectivity index (χ4n) is 4.85.